The Bertz CT molecular complexity index is 948. The summed E-state index contributed by atoms with van der Waals surface area (Å²) >= 11 is 18.2. The molecule has 0 aromatic heterocycles. The van der Waals surface area contributed by atoms with Gasteiger partial charge in [0, 0.05) is 22.6 Å². The fourth-order valence-corrected chi connectivity index (χ4v) is 4.47. The lowest BCUT2D eigenvalue weighted by molar-refractivity contribution is -0.142. The molecule has 1 aliphatic rings. The van der Waals surface area contributed by atoms with Gasteiger partial charge in [-0.1, -0.05) is 66.2 Å². The maximum absolute atomic E-state index is 13.1. The lowest BCUT2D eigenvalue weighted by Gasteiger charge is -2.31. The number of nitrogens with zero attached hydrogens (tertiary/aromatic N) is 1. The second-order valence-corrected chi connectivity index (χ2v) is 9.31. The highest BCUT2D eigenvalue weighted by Gasteiger charge is 2.28. The molecule has 1 atom stereocenters. The van der Waals surface area contributed by atoms with Crippen molar-refractivity contribution < 1.29 is 14.3 Å². The number of benzene rings is 2. The van der Waals surface area contributed by atoms with E-state index in [-0.39, 0.29) is 31.0 Å². The Hall–Kier alpha value is -1.95. The van der Waals surface area contributed by atoms with Crippen molar-refractivity contribution in [1.82, 2.24) is 10.2 Å². The summed E-state index contributed by atoms with van der Waals surface area (Å²) in [6.45, 7) is 1.70. The van der Waals surface area contributed by atoms with Crippen molar-refractivity contribution in [2.75, 3.05) is 6.61 Å². The summed E-state index contributed by atoms with van der Waals surface area (Å²) in [5.41, 5.74) is 0.827. The predicted octanol–water partition coefficient (Wildman–Crippen LogP) is 5.89. The molecule has 1 fully saturated rings. The second-order valence-electron chi connectivity index (χ2n) is 8.03. The Kier molecular flexibility index (Phi) is 9.09. The van der Waals surface area contributed by atoms with Gasteiger partial charge in [-0.05, 0) is 55.7 Å². The SMILES string of the molecule is C[C@@H](C(=O)NC1CCCCC1)N(Cc1cccc(Cl)c1)C(=O)COc1ccc(Cl)cc1Cl. The van der Waals surface area contributed by atoms with Crippen LogP contribution in [-0.2, 0) is 16.1 Å². The number of rotatable bonds is 8. The van der Waals surface area contributed by atoms with Gasteiger partial charge in [-0.2, -0.15) is 0 Å². The monoisotopic (exact) mass is 496 g/mol. The van der Waals surface area contributed by atoms with Gasteiger partial charge in [0.1, 0.15) is 11.8 Å². The Morgan fingerprint density at radius 1 is 1.06 bits per heavy atom. The molecule has 172 valence electrons. The van der Waals surface area contributed by atoms with Crippen molar-refractivity contribution in [3.63, 3.8) is 0 Å². The van der Waals surface area contributed by atoms with E-state index >= 15 is 0 Å². The van der Waals surface area contributed by atoms with Crippen molar-refractivity contribution in [2.24, 2.45) is 0 Å². The van der Waals surface area contributed by atoms with Gasteiger partial charge in [-0.3, -0.25) is 9.59 Å². The maximum atomic E-state index is 13.1. The molecule has 1 N–H and O–H groups in total. The quantitative estimate of drug-likeness (QED) is 0.494. The molecule has 2 amide bonds. The van der Waals surface area contributed by atoms with Crippen LogP contribution < -0.4 is 10.1 Å². The van der Waals surface area contributed by atoms with Crippen molar-refractivity contribution in [3.05, 3.63) is 63.1 Å². The van der Waals surface area contributed by atoms with Crippen molar-refractivity contribution in [3.8, 4) is 5.75 Å². The second kappa shape index (κ2) is 11.8. The highest BCUT2D eigenvalue weighted by atomic mass is 35.5. The Morgan fingerprint density at radius 2 is 1.78 bits per heavy atom. The Labute approximate surface area is 204 Å². The van der Waals surface area contributed by atoms with E-state index in [4.69, 9.17) is 39.5 Å². The van der Waals surface area contributed by atoms with Gasteiger partial charge in [0.25, 0.3) is 5.91 Å². The standard InChI is InChI=1S/C24H27Cl3N2O3/c1-16(24(31)28-20-8-3-2-4-9-20)29(14-17-6-5-7-18(25)12-17)23(30)15-32-22-11-10-19(26)13-21(22)27/h5-7,10-13,16,20H,2-4,8-9,14-15H2,1H3,(H,28,31)/t16-/m0/s1. The molecule has 0 radical (unpaired) electrons. The summed E-state index contributed by atoms with van der Waals surface area (Å²) in [5, 5.41) is 4.46. The summed E-state index contributed by atoms with van der Waals surface area (Å²) in [5.74, 6) is -0.148. The molecule has 3 rings (SSSR count). The molecule has 0 heterocycles. The Morgan fingerprint density at radius 3 is 2.47 bits per heavy atom. The minimum atomic E-state index is -0.673. The zero-order valence-electron chi connectivity index (χ0n) is 18.0. The number of hydrogen-bond donors (Lipinski definition) is 1. The van der Waals surface area contributed by atoms with E-state index in [1.807, 2.05) is 12.1 Å². The third-order valence-corrected chi connectivity index (χ3v) is 6.37. The number of ether oxygens (including phenoxy) is 1. The lowest BCUT2D eigenvalue weighted by atomic mass is 9.95. The minimum absolute atomic E-state index is 0.158. The third kappa shape index (κ3) is 7.03. The molecule has 2 aromatic rings. The smallest absolute Gasteiger partial charge is 0.261 e. The number of amides is 2. The maximum Gasteiger partial charge on any atom is 0.261 e. The number of carbonyl (C=O) groups is 2. The zero-order valence-corrected chi connectivity index (χ0v) is 20.2. The van der Waals surface area contributed by atoms with E-state index in [2.05, 4.69) is 5.32 Å². The fourth-order valence-electron chi connectivity index (χ4n) is 3.80. The van der Waals surface area contributed by atoms with E-state index < -0.39 is 6.04 Å². The van der Waals surface area contributed by atoms with Gasteiger partial charge in [-0.15, -0.1) is 0 Å². The van der Waals surface area contributed by atoms with Gasteiger partial charge >= 0.3 is 0 Å². The molecular weight excluding hydrogens is 471 g/mol. The largest absolute Gasteiger partial charge is 0.482 e. The van der Waals surface area contributed by atoms with Gasteiger partial charge in [-0.25, -0.2) is 0 Å². The molecule has 2 aromatic carbocycles. The van der Waals surface area contributed by atoms with Gasteiger partial charge in [0.15, 0.2) is 6.61 Å². The first-order valence-electron chi connectivity index (χ1n) is 10.8. The average molecular weight is 498 g/mol. The Balaban J connectivity index is 1.72. The molecule has 0 saturated heterocycles. The molecule has 0 spiro atoms. The van der Waals surface area contributed by atoms with Crippen LogP contribution in [0.15, 0.2) is 42.5 Å². The fraction of sp³-hybridized carbons (Fsp3) is 0.417. The predicted molar refractivity (Wildman–Crippen MR) is 128 cm³/mol. The summed E-state index contributed by atoms with van der Waals surface area (Å²) in [6, 6.07) is 11.5. The summed E-state index contributed by atoms with van der Waals surface area (Å²) in [7, 11) is 0. The molecule has 5 nitrogen and oxygen atoms in total. The third-order valence-electron chi connectivity index (χ3n) is 5.61. The first kappa shape index (κ1) is 24.7. The van der Waals surface area contributed by atoms with Gasteiger partial charge in [0.05, 0.1) is 5.02 Å². The van der Waals surface area contributed by atoms with Crippen LogP contribution in [0.3, 0.4) is 0 Å². The molecule has 8 heteroatoms. The normalized spacial score (nSPS) is 15.1. The molecule has 0 bridgehead atoms. The van der Waals surface area contributed by atoms with Crippen molar-refractivity contribution in [1.29, 1.82) is 0 Å². The van der Waals surface area contributed by atoms with E-state index in [0.29, 0.717) is 20.8 Å². The van der Waals surface area contributed by atoms with Crippen molar-refractivity contribution >= 4 is 46.6 Å². The minimum Gasteiger partial charge on any atom is -0.482 e. The number of carbonyl (C=O) groups excluding carboxylic acids is 2. The number of nitrogens with one attached hydrogen (secondary N) is 1. The van der Waals surface area contributed by atoms with Crippen LogP contribution in [-0.4, -0.2) is 35.4 Å². The topological polar surface area (TPSA) is 58.6 Å². The summed E-state index contributed by atoms with van der Waals surface area (Å²) in [4.78, 5) is 27.6. The average Bonchev–Trinajstić information content (AvgIpc) is 2.77. The van der Waals surface area contributed by atoms with Crippen LogP contribution in [0, 0.1) is 0 Å². The van der Waals surface area contributed by atoms with Gasteiger partial charge in [0.2, 0.25) is 5.91 Å². The van der Waals surface area contributed by atoms with E-state index in [1.165, 1.54) is 11.3 Å². The van der Waals surface area contributed by atoms with Crippen LogP contribution in [0.5, 0.6) is 5.75 Å². The summed E-state index contributed by atoms with van der Waals surface area (Å²) < 4.78 is 5.64. The van der Waals surface area contributed by atoms with Crippen LogP contribution >= 0.6 is 34.8 Å². The molecule has 32 heavy (non-hydrogen) atoms. The molecule has 1 saturated carbocycles. The van der Waals surface area contributed by atoms with Crippen LogP contribution in [0.2, 0.25) is 15.1 Å². The lowest BCUT2D eigenvalue weighted by Crippen LogP contribution is -2.51. The molecule has 0 aliphatic heterocycles. The van der Waals surface area contributed by atoms with Crippen LogP contribution in [0.4, 0.5) is 0 Å². The van der Waals surface area contributed by atoms with Crippen molar-refractivity contribution in [2.45, 2.75) is 57.7 Å². The highest BCUT2D eigenvalue weighted by molar-refractivity contribution is 6.35. The summed E-state index contributed by atoms with van der Waals surface area (Å²) in [6.07, 6.45) is 5.37. The first-order valence-corrected chi connectivity index (χ1v) is 11.9. The highest BCUT2D eigenvalue weighted by Crippen LogP contribution is 2.27. The molecule has 0 unspecified atom stereocenters. The number of halogens is 3. The van der Waals surface area contributed by atoms with Crippen LogP contribution in [0.25, 0.3) is 0 Å². The molecule has 1 aliphatic carbocycles. The van der Waals surface area contributed by atoms with Gasteiger partial charge < -0.3 is 15.0 Å². The zero-order chi connectivity index (χ0) is 23.1. The first-order chi connectivity index (χ1) is 15.3. The number of hydrogen-bond acceptors (Lipinski definition) is 3. The van der Waals surface area contributed by atoms with Crippen LogP contribution in [0.1, 0.15) is 44.6 Å². The molecular formula is C24H27Cl3N2O3. The van der Waals surface area contributed by atoms with E-state index in [1.54, 1.807) is 37.3 Å². The van der Waals surface area contributed by atoms with E-state index in [9.17, 15) is 9.59 Å². The van der Waals surface area contributed by atoms with E-state index in [0.717, 1.165) is 31.2 Å².